The van der Waals surface area contributed by atoms with Gasteiger partial charge in [0.15, 0.2) is 0 Å². The maximum atomic E-state index is 11.5. The molecular formula is C13H17N3O3. The number of primary amides is 1. The Morgan fingerprint density at radius 3 is 2.63 bits per heavy atom. The molecule has 1 aromatic carbocycles. The van der Waals surface area contributed by atoms with E-state index in [4.69, 9.17) is 11.5 Å². The molecule has 1 fully saturated rings. The molecule has 0 aliphatic carbocycles. The lowest BCUT2D eigenvalue weighted by Gasteiger charge is -2.25. The molecule has 1 atom stereocenters. The fourth-order valence-corrected chi connectivity index (χ4v) is 2.44. The van der Waals surface area contributed by atoms with Crippen LogP contribution in [0, 0.1) is 5.41 Å². The highest BCUT2D eigenvalue weighted by atomic mass is 16.4. The maximum Gasteiger partial charge on any atom is 0.337 e. The number of para-hydroxylation sites is 1. The summed E-state index contributed by atoms with van der Waals surface area (Å²) in [4.78, 5) is 24.5. The second-order valence-electron chi connectivity index (χ2n) is 5.15. The largest absolute Gasteiger partial charge is 0.478 e. The van der Waals surface area contributed by atoms with Crippen molar-refractivity contribution >= 4 is 23.3 Å². The minimum atomic E-state index is -1.03. The quantitative estimate of drug-likeness (QED) is 0.694. The Balaban J connectivity index is 2.39. The zero-order valence-electron chi connectivity index (χ0n) is 10.7. The first-order chi connectivity index (χ1) is 8.85. The number of carbonyl (C=O) groups is 2. The lowest BCUT2D eigenvalue weighted by atomic mass is 9.89. The van der Waals surface area contributed by atoms with Gasteiger partial charge in [-0.15, -0.1) is 0 Å². The average molecular weight is 263 g/mol. The van der Waals surface area contributed by atoms with E-state index in [9.17, 15) is 14.7 Å². The first-order valence-electron chi connectivity index (χ1n) is 6.02. The molecule has 1 aliphatic rings. The number of carboxylic acid groups (broad SMARTS) is 1. The van der Waals surface area contributed by atoms with Crippen LogP contribution in [0.3, 0.4) is 0 Å². The van der Waals surface area contributed by atoms with Crippen LogP contribution in [0.2, 0.25) is 0 Å². The van der Waals surface area contributed by atoms with Crippen molar-refractivity contribution in [3.8, 4) is 0 Å². The molecule has 2 rings (SSSR count). The molecule has 1 aromatic rings. The lowest BCUT2D eigenvalue weighted by Crippen LogP contribution is -2.37. The molecular weight excluding hydrogens is 246 g/mol. The van der Waals surface area contributed by atoms with Crippen LogP contribution in [-0.4, -0.2) is 30.1 Å². The van der Waals surface area contributed by atoms with E-state index in [1.165, 1.54) is 6.07 Å². The van der Waals surface area contributed by atoms with E-state index in [0.29, 0.717) is 30.9 Å². The van der Waals surface area contributed by atoms with Crippen LogP contribution in [-0.2, 0) is 4.79 Å². The van der Waals surface area contributed by atoms with E-state index in [0.717, 1.165) is 0 Å². The van der Waals surface area contributed by atoms with Gasteiger partial charge in [-0.05, 0) is 25.5 Å². The minimum Gasteiger partial charge on any atom is -0.478 e. The molecule has 0 aromatic heterocycles. The van der Waals surface area contributed by atoms with E-state index in [1.54, 1.807) is 19.1 Å². The van der Waals surface area contributed by atoms with E-state index < -0.39 is 11.4 Å². The standard InChI is InChI=1S/C13H17N3O3/c1-13(12(15)19)5-6-16(7-13)10-8(11(17)18)3-2-4-9(10)14/h2-4H,5-7,14H2,1H3,(H2,15,19)(H,17,18). The second kappa shape index (κ2) is 4.46. The molecule has 1 aliphatic heterocycles. The number of anilines is 2. The topological polar surface area (TPSA) is 110 Å². The summed E-state index contributed by atoms with van der Waals surface area (Å²) in [5.74, 6) is -1.41. The number of aromatic carboxylic acids is 1. The molecule has 5 N–H and O–H groups in total. The van der Waals surface area contributed by atoms with Gasteiger partial charge in [0.2, 0.25) is 5.91 Å². The molecule has 0 bridgehead atoms. The third kappa shape index (κ3) is 2.21. The third-order valence-corrected chi connectivity index (χ3v) is 3.68. The first kappa shape index (κ1) is 13.2. The highest BCUT2D eigenvalue weighted by molar-refractivity contribution is 5.98. The number of nitrogen functional groups attached to an aromatic ring is 1. The smallest absolute Gasteiger partial charge is 0.337 e. The van der Waals surface area contributed by atoms with Crippen molar-refractivity contribution in [1.82, 2.24) is 0 Å². The number of hydrogen-bond acceptors (Lipinski definition) is 4. The Morgan fingerprint density at radius 1 is 1.42 bits per heavy atom. The first-order valence-corrected chi connectivity index (χ1v) is 6.02. The van der Waals surface area contributed by atoms with Crippen LogP contribution in [0.5, 0.6) is 0 Å². The summed E-state index contributed by atoms with van der Waals surface area (Å²) in [5.41, 5.74) is 11.7. The van der Waals surface area contributed by atoms with Crippen LogP contribution in [0.15, 0.2) is 18.2 Å². The predicted molar refractivity (Wildman–Crippen MR) is 71.9 cm³/mol. The molecule has 0 saturated carbocycles. The Labute approximate surface area is 111 Å². The van der Waals surface area contributed by atoms with Gasteiger partial charge in [0, 0.05) is 13.1 Å². The van der Waals surface area contributed by atoms with E-state index in [-0.39, 0.29) is 11.5 Å². The Hall–Kier alpha value is -2.24. The summed E-state index contributed by atoms with van der Waals surface area (Å²) in [6.07, 6.45) is 0.593. The third-order valence-electron chi connectivity index (χ3n) is 3.68. The van der Waals surface area contributed by atoms with Gasteiger partial charge in [-0.25, -0.2) is 4.79 Å². The number of rotatable bonds is 3. The summed E-state index contributed by atoms with van der Waals surface area (Å²) in [7, 11) is 0. The van der Waals surface area contributed by atoms with Crippen molar-refractivity contribution in [3.05, 3.63) is 23.8 Å². The van der Waals surface area contributed by atoms with E-state index in [2.05, 4.69) is 0 Å². The number of carbonyl (C=O) groups excluding carboxylic acids is 1. The molecule has 0 radical (unpaired) electrons. The maximum absolute atomic E-state index is 11.5. The number of amides is 1. The summed E-state index contributed by atoms with van der Waals surface area (Å²) >= 11 is 0. The van der Waals surface area contributed by atoms with Crippen molar-refractivity contribution in [1.29, 1.82) is 0 Å². The van der Waals surface area contributed by atoms with Gasteiger partial charge in [0.1, 0.15) is 0 Å². The molecule has 1 unspecified atom stereocenters. The number of benzene rings is 1. The van der Waals surface area contributed by atoms with Gasteiger partial charge in [0.25, 0.3) is 0 Å². The van der Waals surface area contributed by atoms with E-state index >= 15 is 0 Å². The highest BCUT2D eigenvalue weighted by Crippen LogP contribution is 2.37. The van der Waals surface area contributed by atoms with Gasteiger partial charge < -0.3 is 21.5 Å². The Bertz CT molecular complexity index is 544. The summed E-state index contributed by atoms with van der Waals surface area (Å²) < 4.78 is 0. The summed E-state index contributed by atoms with van der Waals surface area (Å²) in [6, 6.07) is 4.77. The predicted octanol–water partition coefficient (Wildman–Crippen LogP) is 0.669. The molecule has 19 heavy (non-hydrogen) atoms. The van der Waals surface area contributed by atoms with Crippen molar-refractivity contribution < 1.29 is 14.7 Å². The molecule has 6 nitrogen and oxygen atoms in total. The van der Waals surface area contributed by atoms with Crippen LogP contribution in [0.4, 0.5) is 11.4 Å². The highest BCUT2D eigenvalue weighted by Gasteiger charge is 2.40. The molecule has 1 saturated heterocycles. The second-order valence-corrected chi connectivity index (χ2v) is 5.15. The van der Waals surface area contributed by atoms with Crippen LogP contribution >= 0.6 is 0 Å². The molecule has 102 valence electrons. The van der Waals surface area contributed by atoms with Crippen molar-refractivity contribution in [2.24, 2.45) is 11.1 Å². The SMILES string of the molecule is CC1(C(N)=O)CCN(c2c(N)cccc2C(=O)O)C1. The lowest BCUT2D eigenvalue weighted by molar-refractivity contribution is -0.125. The van der Waals surface area contributed by atoms with E-state index in [1.807, 2.05) is 4.90 Å². The Morgan fingerprint density at radius 2 is 2.11 bits per heavy atom. The number of hydrogen-bond donors (Lipinski definition) is 3. The number of nitrogens with two attached hydrogens (primary N) is 2. The molecule has 0 spiro atoms. The van der Waals surface area contributed by atoms with Crippen LogP contribution in [0.25, 0.3) is 0 Å². The fourth-order valence-electron chi connectivity index (χ4n) is 2.44. The monoisotopic (exact) mass is 263 g/mol. The van der Waals surface area contributed by atoms with Crippen molar-refractivity contribution in [2.45, 2.75) is 13.3 Å². The van der Waals surface area contributed by atoms with Gasteiger partial charge in [-0.1, -0.05) is 6.07 Å². The van der Waals surface area contributed by atoms with Crippen molar-refractivity contribution in [3.63, 3.8) is 0 Å². The van der Waals surface area contributed by atoms with Crippen LogP contribution < -0.4 is 16.4 Å². The molecule has 1 amide bonds. The zero-order valence-corrected chi connectivity index (χ0v) is 10.7. The fraction of sp³-hybridized carbons (Fsp3) is 0.385. The minimum absolute atomic E-state index is 0.147. The number of carboxylic acids is 1. The summed E-state index contributed by atoms with van der Waals surface area (Å²) in [6.45, 7) is 2.74. The van der Waals surface area contributed by atoms with Crippen molar-refractivity contribution in [2.75, 3.05) is 23.7 Å². The van der Waals surface area contributed by atoms with Crippen LogP contribution in [0.1, 0.15) is 23.7 Å². The molecule has 1 heterocycles. The average Bonchev–Trinajstić information content (AvgIpc) is 2.72. The Kier molecular flexibility index (Phi) is 3.09. The summed E-state index contributed by atoms with van der Waals surface area (Å²) in [5, 5.41) is 9.22. The molecule has 6 heteroatoms. The van der Waals surface area contributed by atoms with Gasteiger partial charge in [0.05, 0.1) is 22.4 Å². The van der Waals surface area contributed by atoms with Gasteiger partial charge in [-0.3, -0.25) is 4.79 Å². The number of nitrogens with zero attached hydrogens (tertiary/aromatic N) is 1. The zero-order chi connectivity index (χ0) is 14.2. The van der Waals surface area contributed by atoms with Gasteiger partial charge in [-0.2, -0.15) is 0 Å². The normalized spacial score (nSPS) is 22.5. The van der Waals surface area contributed by atoms with Gasteiger partial charge >= 0.3 is 5.97 Å².